The van der Waals surface area contributed by atoms with Crippen molar-refractivity contribution in [1.29, 1.82) is 0 Å². The van der Waals surface area contributed by atoms with Crippen LogP contribution in [0.4, 0.5) is 16.2 Å². The number of urea groups is 1. The number of anilines is 1. The van der Waals surface area contributed by atoms with Crippen molar-refractivity contribution in [3.05, 3.63) is 111 Å². The molecule has 4 rings (SSSR count). The number of esters is 1. The number of non-ortho nitro benzene ring substituents is 1. The summed E-state index contributed by atoms with van der Waals surface area (Å²) in [6.45, 7) is 4.25. The molecule has 3 aromatic carbocycles. The first-order valence-electron chi connectivity index (χ1n) is 12.5. The van der Waals surface area contributed by atoms with Crippen molar-refractivity contribution in [2.24, 2.45) is 0 Å². The Morgan fingerprint density at radius 1 is 1.03 bits per heavy atom. The van der Waals surface area contributed by atoms with Gasteiger partial charge in [0.05, 0.1) is 28.8 Å². The second kappa shape index (κ2) is 12.0. The molecule has 2 N–H and O–H groups in total. The van der Waals surface area contributed by atoms with E-state index in [2.05, 4.69) is 10.6 Å². The maximum atomic E-state index is 13.3. The molecule has 0 saturated heterocycles. The first-order valence-corrected chi connectivity index (χ1v) is 12.5. The van der Waals surface area contributed by atoms with Gasteiger partial charge in [-0.2, -0.15) is 0 Å². The highest BCUT2D eigenvalue weighted by Crippen LogP contribution is 2.37. The molecule has 39 heavy (non-hydrogen) atoms. The summed E-state index contributed by atoms with van der Waals surface area (Å²) >= 11 is 0. The molecule has 1 atom stereocenters. The number of carbonyl (C=O) groups is 3. The van der Waals surface area contributed by atoms with E-state index >= 15 is 0 Å². The maximum absolute atomic E-state index is 13.3. The summed E-state index contributed by atoms with van der Waals surface area (Å²) in [6, 6.07) is 20.2. The van der Waals surface area contributed by atoms with Gasteiger partial charge in [0, 0.05) is 29.9 Å². The Morgan fingerprint density at radius 3 is 2.38 bits per heavy atom. The molecule has 0 aliphatic carbocycles. The summed E-state index contributed by atoms with van der Waals surface area (Å²) in [5.41, 5.74) is 2.53. The Bertz CT molecular complexity index is 1420. The van der Waals surface area contributed by atoms with Crippen molar-refractivity contribution >= 4 is 35.0 Å². The molecule has 1 aliphatic heterocycles. The van der Waals surface area contributed by atoms with E-state index in [9.17, 15) is 24.5 Å². The lowest BCUT2D eigenvalue weighted by Gasteiger charge is -2.36. The predicted molar refractivity (Wildman–Crippen MR) is 146 cm³/mol. The smallest absolute Gasteiger partial charge is 0.338 e. The molecule has 3 aromatic rings. The van der Waals surface area contributed by atoms with Gasteiger partial charge in [-0.3, -0.25) is 19.8 Å². The third kappa shape index (κ3) is 5.96. The van der Waals surface area contributed by atoms with E-state index in [4.69, 9.17) is 4.74 Å². The number of rotatable bonds is 9. The van der Waals surface area contributed by atoms with Gasteiger partial charge in [0.2, 0.25) is 0 Å². The molecule has 1 heterocycles. The summed E-state index contributed by atoms with van der Waals surface area (Å²) in [4.78, 5) is 51.2. The van der Waals surface area contributed by atoms with Gasteiger partial charge in [-0.05, 0) is 42.7 Å². The summed E-state index contributed by atoms with van der Waals surface area (Å²) < 4.78 is 5.42. The fourth-order valence-corrected chi connectivity index (χ4v) is 4.40. The molecule has 0 fully saturated rings. The first-order chi connectivity index (χ1) is 18.8. The molecule has 1 unspecified atom stereocenters. The second-order valence-electron chi connectivity index (χ2n) is 8.77. The van der Waals surface area contributed by atoms with Gasteiger partial charge in [0.15, 0.2) is 0 Å². The van der Waals surface area contributed by atoms with Gasteiger partial charge < -0.3 is 15.4 Å². The maximum Gasteiger partial charge on any atom is 0.338 e. The molecular weight excluding hydrogens is 500 g/mol. The van der Waals surface area contributed by atoms with Crippen molar-refractivity contribution < 1.29 is 24.0 Å². The van der Waals surface area contributed by atoms with Crippen molar-refractivity contribution in [3.8, 4) is 0 Å². The Labute approximate surface area is 225 Å². The van der Waals surface area contributed by atoms with Gasteiger partial charge in [-0.15, -0.1) is 0 Å². The van der Waals surface area contributed by atoms with Crippen LogP contribution in [0.1, 0.15) is 47.8 Å². The van der Waals surface area contributed by atoms with Gasteiger partial charge in [-0.1, -0.05) is 55.5 Å². The van der Waals surface area contributed by atoms with E-state index in [1.54, 1.807) is 36.1 Å². The number of nitro groups is 1. The van der Waals surface area contributed by atoms with Crippen LogP contribution in [0.5, 0.6) is 0 Å². The van der Waals surface area contributed by atoms with Crippen LogP contribution in [0.2, 0.25) is 0 Å². The van der Waals surface area contributed by atoms with E-state index < -0.39 is 22.8 Å². The average molecular weight is 529 g/mol. The largest absolute Gasteiger partial charge is 0.463 e. The fourth-order valence-electron chi connectivity index (χ4n) is 4.40. The zero-order chi connectivity index (χ0) is 27.9. The minimum atomic E-state index is -0.790. The molecule has 1 aliphatic rings. The van der Waals surface area contributed by atoms with Gasteiger partial charge in [-0.25, -0.2) is 9.59 Å². The van der Waals surface area contributed by atoms with Crippen LogP contribution in [-0.4, -0.2) is 40.9 Å². The average Bonchev–Trinajstić information content (AvgIpc) is 2.95. The highest BCUT2D eigenvalue weighted by atomic mass is 16.6. The monoisotopic (exact) mass is 528 g/mol. The number of hydrogen-bond acceptors (Lipinski definition) is 6. The number of ether oxygens (including phenoxy) is 1. The van der Waals surface area contributed by atoms with E-state index in [0.717, 1.165) is 5.56 Å². The number of nitro benzene ring substituents is 1. The highest BCUT2D eigenvalue weighted by molar-refractivity contribution is 6.05. The van der Waals surface area contributed by atoms with Crippen molar-refractivity contribution in [2.45, 2.75) is 26.3 Å². The first kappa shape index (κ1) is 27.1. The number of hydrogen-bond donors (Lipinski definition) is 2. The molecule has 0 bridgehead atoms. The quantitative estimate of drug-likeness (QED) is 0.220. The summed E-state index contributed by atoms with van der Waals surface area (Å²) in [7, 11) is 0. The van der Waals surface area contributed by atoms with Crippen molar-refractivity contribution in [2.75, 3.05) is 18.5 Å². The number of nitrogens with one attached hydrogen (secondary N) is 2. The number of amides is 3. The van der Waals surface area contributed by atoms with Crippen LogP contribution in [0.3, 0.4) is 0 Å². The number of nitrogens with zero attached hydrogens (tertiary/aromatic N) is 2. The number of carbonyl (C=O) groups excluding carboxylic acids is 3. The topological polar surface area (TPSA) is 131 Å². The standard InChI is InChI=1S/C29H28N4O6/c1-3-17-32-26(20-9-6-5-7-10-20)24(28(35)39-4-2)25(31-29(32)36)19-13-15-22(16-14-19)30-27(34)21-11-8-12-23(18-21)33(37)38/h5-16,18,25H,3-4,17H2,1-2H3,(H,30,34)(H,31,36). The van der Waals surface area contributed by atoms with E-state index in [1.165, 1.54) is 24.3 Å². The third-order valence-electron chi connectivity index (χ3n) is 6.14. The fraction of sp³-hybridized carbons (Fsp3) is 0.207. The zero-order valence-electron chi connectivity index (χ0n) is 21.5. The molecule has 10 nitrogen and oxygen atoms in total. The van der Waals surface area contributed by atoms with Crippen LogP contribution in [-0.2, 0) is 9.53 Å². The summed E-state index contributed by atoms with van der Waals surface area (Å²) in [5, 5.41) is 16.7. The molecule has 200 valence electrons. The molecule has 0 spiro atoms. The van der Waals surface area contributed by atoms with Crippen molar-refractivity contribution in [3.63, 3.8) is 0 Å². The Balaban J connectivity index is 1.70. The molecule has 3 amide bonds. The van der Waals surface area contributed by atoms with Gasteiger partial charge in [0.1, 0.15) is 0 Å². The molecule has 0 radical (unpaired) electrons. The summed E-state index contributed by atoms with van der Waals surface area (Å²) in [6.07, 6.45) is 0.684. The highest BCUT2D eigenvalue weighted by Gasteiger charge is 2.38. The lowest BCUT2D eigenvalue weighted by Crippen LogP contribution is -2.48. The molecular formula is C29H28N4O6. The van der Waals surface area contributed by atoms with Crippen molar-refractivity contribution in [1.82, 2.24) is 10.2 Å². The minimum absolute atomic E-state index is 0.142. The zero-order valence-corrected chi connectivity index (χ0v) is 21.5. The summed E-state index contributed by atoms with van der Waals surface area (Å²) in [5.74, 6) is -1.04. The van der Waals surface area contributed by atoms with E-state index in [1.807, 2.05) is 37.3 Å². The number of benzene rings is 3. The van der Waals surface area contributed by atoms with E-state index in [0.29, 0.717) is 35.5 Å². The van der Waals surface area contributed by atoms with Crippen LogP contribution < -0.4 is 10.6 Å². The van der Waals surface area contributed by atoms with Gasteiger partial charge in [0.25, 0.3) is 11.6 Å². The van der Waals surface area contributed by atoms with Gasteiger partial charge >= 0.3 is 12.0 Å². The molecule has 10 heteroatoms. The molecule has 0 saturated carbocycles. The minimum Gasteiger partial charge on any atom is -0.463 e. The Hall–Kier alpha value is -4.99. The predicted octanol–water partition coefficient (Wildman–Crippen LogP) is 5.30. The third-order valence-corrected chi connectivity index (χ3v) is 6.14. The lowest BCUT2D eigenvalue weighted by atomic mass is 9.91. The Morgan fingerprint density at radius 2 is 1.74 bits per heavy atom. The SMILES string of the molecule is CCCN1C(=O)NC(c2ccc(NC(=O)c3cccc([N+](=O)[O-])c3)cc2)C(C(=O)OCC)=C1c1ccccc1. The van der Waals surface area contributed by atoms with E-state index in [-0.39, 0.29) is 23.9 Å². The normalized spacial score (nSPS) is 15.0. The van der Waals surface area contributed by atoms with Crippen LogP contribution in [0.25, 0.3) is 5.70 Å². The van der Waals surface area contributed by atoms with Crippen LogP contribution >= 0.6 is 0 Å². The van der Waals surface area contributed by atoms with Crippen LogP contribution in [0.15, 0.2) is 84.4 Å². The Kier molecular flexibility index (Phi) is 8.35. The lowest BCUT2D eigenvalue weighted by molar-refractivity contribution is -0.384. The second-order valence-corrected chi connectivity index (χ2v) is 8.77. The molecule has 0 aromatic heterocycles. The van der Waals surface area contributed by atoms with Crippen LogP contribution in [0, 0.1) is 10.1 Å².